The molecule has 3 heterocycles. The second-order valence-corrected chi connectivity index (χ2v) is 8.11. The Morgan fingerprint density at radius 1 is 1.24 bits per heavy atom. The molecule has 1 atom stereocenters. The Balaban J connectivity index is 1.36. The van der Waals surface area contributed by atoms with E-state index in [0.717, 1.165) is 21.7 Å². The zero-order valence-electron chi connectivity index (χ0n) is 16.0. The number of aromatic nitrogens is 3. The van der Waals surface area contributed by atoms with Crippen LogP contribution in [-0.2, 0) is 22.6 Å². The van der Waals surface area contributed by atoms with Crippen molar-refractivity contribution in [2.75, 3.05) is 11.4 Å². The van der Waals surface area contributed by atoms with Crippen molar-refractivity contribution in [1.29, 1.82) is 0 Å². The van der Waals surface area contributed by atoms with E-state index < -0.39 is 0 Å². The van der Waals surface area contributed by atoms with E-state index in [1.807, 2.05) is 43.3 Å². The van der Waals surface area contributed by atoms with Crippen LogP contribution in [0.3, 0.4) is 0 Å². The molecule has 7 nitrogen and oxygen atoms in total. The molecule has 1 aromatic carbocycles. The Kier molecular flexibility index (Phi) is 5.62. The monoisotopic (exact) mass is 407 g/mol. The van der Waals surface area contributed by atoms with Crippen LogP contribution in [0.2, 0.25) is 0 Å². The summed E-state index contributed by atoms with van der Waals surface area (Å²) < 4.78 is 0. The van der Waals surface area contributed by atoms with Crippen LogP contribution < -0.4 is 10.2 Å². The molecule has 0 spiro atoms. The molecule has 0 bridgehead atoms. The number of anilines is 1. The zero-order valence-corrected chi connectivity index (χ0v) is 16.9. The van der Waals surface area contributed by atoms with Gasteiger partial charge < -0.3 is 5.32 Å². The van der Waals surface area contributed by atoms with Gasteiger partial charge in [-0.2, -0.15) is 0 Å². The molecule has 3 aromatic rings. The van der Waals surface area contributed by atoms with Crippen LogP contribution in [0.4, 0.5) is 5.13 Å². The SMILES string of the molecule is Cc1cnccc1CNC(=O)C1CC(=O)N(c2nnc(Cc3ccccc3)s2)C1. The number of carbonyl (C=O) groups is 2. The van der Waals surface area contributed by atoms with Crippen LogP contribution in [0.1, 0.15) is 28.1 Å². The molecular weight excluding hydrogens is 386 g/mol. The van der Waals surface area contributed by atoms with Crippen molar-refractivity contribution in [1.82, 2.24) is 20.5 Å². The van der Waals surface area contributed by atoms with E-state index in [0.29, 0.717) is 24.6 Å². The lowest BCUT2D eigenvalue weighted by atomic mass is 10.1. The highest BCUT2D eigenvalue weighted by molar-refractivity contribution is 7.15. The molecule has 2 amide bonds. The Morgan fingerprint density at radius 2 is 2.07 bits per heavy atom. The maximum absolute atomic E-state index is 12.6. The van der Waals surface area contributed by atoms with Crippen molar-refractivity contribution in [2.45, 2.75) is 26.3 Å². The number of rotatable bonds is 6. The van der Waals surface area contributed by atoms with E-state index in [2.05, 4.69) is 20.5 Å². The summed E-state index contributed by atoms with van der Waals surface area (Å²) in [5.74, 6) is -0.593. The van der Waals surface area contributed by atoms with Crippen molar-refractivity contribution in [3.8, 4) is 0 Å². The summed E-state index contributed by atoms with van der Waals surface area (Å²) in [5, 5.41) is 12.7. The molecule has 2 aromatic heterocycles. The molecule has 0 saturated carbocycles. The van der Waals surface area contributed by atoms with Crippen LogP contribution in [0.25, 0.3) is 0 Å². The highest BCUT2D eigenvalue weighted by atomic mass is 32.1. The van der Waals surface area contributed by atoms with Crippen molar-refractivity contribution in [3.05, 3.63) is 70.5 Å². The molecule has 1 fully saturated rings. The van der Waals surface area contributed by atoms with E-state index in [1.54, 1.807) is 17.3 Å². The molecule has 1 saturated heterocycles. The van der Waals surface area contributed by atoms with Gasteiger partial charge in [0.1, 0.15) is 5.01 Å². The van der Waals surface area contributed by atoms with Gasteiger partial charge in [0.25, 0.3) is 0 Å². The van der Waals surface area contributed by atoms with Gasteiger partial charge >= 0.3 is 0 Å². The number of carbonyl (C=O) groups excluding carboxylic acids is 2. The van der Waals surface area contributed by atoms with Gasteiger partial charge in [-0.15, -0.1) is 10.2 Å². The number of amides is 2. The third-order valence-electron chi connectivity index (χ3n) is 4.97. The fraction of sp³-hybridized carbons (Fsp3) is 0.286. The third-order valence-corrected chi connectivity index (χ3v) is 5.92. The van der Waals surface area contributed by atoms with Gasteiger partial charge in [0, 0.05) is 38.3 Å². The molecule has 1 aliphatic rings. The Bertz CT molecular complexity index is 1020. The minimum Gasteiger partial charge on any atom is -0.352 e. The summed E-state index contributed by atoms with van der Waals surface area (Å²) in [6, 6.07) is 11.9. The number of aryl methyl sites for hydroxylation is 1. The Labute approximate surface area is 172 Å². The molecule has 1 N–H and O–H groups in total. The normalized spacial score (nSPS) is 16.2. The lowest BCUT2D eigenvalue weighted by molar-refractivity contribution is -0.126. The zero-order chi connectivity index (χ0) is 20.2. The minimum atomic E-state index is -0.383. The first-order valence-corrected chi connectivity index (χ1v) is 10.3. The number of nitrogens with zero attached hydrogens (tertiary/aromatic N) is 4. The second-order valence-electron chi connectivity index (χ2n) is 7.07. The van der Waals surface area contributed by atoms with Gasteiger partial charge in [-0.1, -0.05) is 41.7 Å². The third kappa shape index (κ3) is 4.48. The van der Waals surface area contributed by atoms with Crippen LogP contribution in [0.15, 0.2) is 48.8 Å². The number of benzene rings is 1. The van der Waals surface area contributed by atoms with Crippen LogP contribution in [0.5, 0.6) is 0 Å². The van der Waals surface area contributed by atoms with E-state index >= 15 is 0 Å². The van der Waals surface area contributed by atoms with Gasteiger partial charge in [0.05, 0.1) is 5.92 Å². The molecule has 0 aliphatic carbocycles. The van der Waals surface area contributed by atoms with E-state index in [-0.39, 0.29) is 24.2 Å². The number of pyridine rings is 1. The molecule has 1 aliphatic heterocycles. The topological polar surface area (TPSA) is 88.1 Å². The average molecular weight is 407 g/mol. The summed E-state index contributed by atoms with van der Waals surface area (Å²) in [6.07, 6.45) is 4.34. The van der Waals surface area contributed by atoms with Gasteiger partial charge in [-0.05, 0) is 29.7 Å². The Morgan fingerprint density at radius 3 is 2.86 bits per heavy atom. The number of hydrogen-bond donors (Lipinski definition) is 1. The van der Waals surface area contributed by atoms with Crippen LogP contribution in [-0.4, -0.2) is 33.5 Å². The minimum absolute atomic E-state index is 0.0901. The van der Waals surface area contributed by atoms with Gasteiger partial charge in [-0.3, -0.25) is 19.5 Å². The van der Waals surface area contributed by atoms with Crippen molar-refractivity contribution < 1.29 is 9.59 Å². The molecule has 29 heavy (non-hydrogen) atoms. The van der Waals surface area contributed by atoms with Crippen molar-refractivity contribution in [3.63, 3.8) is 0 Å². The lowest BCUT2D eigenvalue weighted by Crippen LogP contribution is -2.32. The van der Waals surface area contributed by atoms with Crippen LogP contribution in [0, 0.1) is 12.8 Å². The predicted molar refractivity (Wildman–Crippen MR) is 110 cm³/mol. The molecule has 4 rings (SSSR count). The molecule has 148 valence electrons. The summed E-state index contributed by atoms with van der Waals surface area (Å²) >= 11 is 1.40. The maximum Gasteiger partial charge on any atom is 0.229 e. The highest BCUT2D eigenvalue weighted by Gasteiger charge is 2.36. The standard InChI is InChI=1S/C21H21N5O2S/c1-14-11-22-8-7-16(14)12-23-20(28)17-10-19(27)26(13-17)21-25-24-18(29-21)9-15-5-3-2-4-6-15/h2-8,11,17H,9-10,12-13H2,1H3,(H,23,28). The van der Waals surface area contributed by atoms with Gasteiger partial charge in [-0.25, -0.2) is 0 Å². The van der Waals surface area contributed by atoms with Crippen molar-refractivity contribution in [2.24, 2.45) is 5.92 Å². The van der Waals surface area contributed by atoms with E-state index in [4.69, 9.17) is 0 Å². The molecule has 0 radical (unpaired) electrons. The smallest absolute Gasteiger partial charge is 0.229 e. The maximum atomic E-state index is 12.6. The summed E-state index contributed by atoms with van der Waals surface area (Å²) in [7, 11) is 0. The fourth-order valence-corrected chi connectivity index (χ4v) is 4.19. The number of hydrogen-bond acceptors (Lipinski definition) is 6. The first-order chi connectivity index (χ1) is 14.1. The fourth-order valence-electron chi connectivity index (χ4n) is 3.29. The second kappa shape index (κ2) is 8.48. The van der Waals surface area contributed by atoms with Crippen LogP contribution >= 0.6 is 11.3 Å². The summed E-state index contributed by atoms with van der Waals surface area (Å²) in [4.78, 5) is 30.7. The molecule has 1 unspecified atom stereocenters. The van der Waals surface area contributed by atoms with Crippen molar-refractivity contribution >= 4 is 28.3 Å². The van der Waals surface area contributed by atoms with Gasteiger partial charge in [0.15, 0.2) is 0 Å². The average Bonchev–Trinajstić information content (AvgIpc) is 3.34. The largest absolute Gasteiger partial charge is 0.352 e. The van der Waals surface area contributed by atoms with E-state index in [9.17, 15) is 9.59 Å². The lowest BCUT2D eigenvalue weighted by Gasteiger charge is -2.13. The Hall–Kier alpha value is -3.13. The first kappa shape index (κ1) is 19.2. The molecule has 8 heteroatoms. The summed E-state index contributed by atoms with van der Waals surface area (Å²) in [6.45, 7) is 2.72. The predicted octanol–water partition coefficient (Wildman–Crippen LogP) is 2.50. The quantitative estimate of drug-likeness (QED) is 0.678. The first-order valence-electron chi connectivity index (χ1n) is 9.44. The molecular formula is C21H21N5O2S. The highest BCUT2D eigenvalue weighted by Crippen LogP contribution is 2.29. The summed E-state index contributed by atoms with van der Waals surface area (Å²) in [5.41, 5.74) is 3.19. The van der Waals surface area contributed by atoms with E-state index in [1.165, 1.54) is 11.3 Å². The number of nitrogens with one attached hydrogen (secondary N) is 1. The van der Waals surface area contributed by atoms with Gasteiger partial charge in [0.2, 0.25) is 16.9 Å².